The average molecular weight is 306 g/mol. The van der Waals surface area contributed by atoms with Crippen LogP contribution in [0.5, 0.6) is 0 Å². The lowest BCUT2D eigenvalue weighted by Gasteiger charge is -2.33. The zero-order valence-electron chi connectivity index (χ0n) is 13.0. The zero-order valence-corrected chi connectivity index (χ0v) is 13.8. The van der Waals surface area contributed by atoms with Crippen molar-refractivity contribution in [3.8, 4) is 0 Å². The number of anilines is 1. The van der Waals surface area contributed by atoms with E-state index in [0.717, 1.165) is 18.0 Å². The number of nitrogens with two attached hydrogens (primary N) is 1. The zero-order chi connectivity index (χ0) is 15.2. The molecule has 1 aliphatic carbocycles. The summed E-state index contributed by atoms with van der Waals surface area (Å²) in [6, 6.07) is 8.37. The molecule has 3 nitrogen and oxygen atoms in total. The smallest absolute Gasteiger partial charge is 0.221 e. The van der Waals surface area contributed by atoms with Crippen molar-refractivity contribution in [2.75, 3.05) is 5.32 Å². The van der Waals surface area contributed by atoms with Gasteiger partial charge in [-0.15, -0.1) is 11.8 Å². The highest BCUT2D eigenvalue weighted by Crippen LogP contribution is 2.37. The fourth-order valence-corrected chi connectivity index (χ4v) is 4.36. The van der Waals surface area contributed by atoms with E-state index in [-0.39, 0.29) is 5.91 Å². The summed E-state index contributed by atoms with van der Waals surface area (Å²) in [5.74, 6) is 0.804. The number of carbonyl (C=O) groups excluding carboxylic acids is 1. The Balaban J connectivity index is 1.94. The lowest BCUT2D eigenvalue weighted by atomic mass is 9.83. The Kier molecular flexibility index (Phi) is 6.12. The van der Waals surface area contributed by atoms with Crippen LogP contribution in [0.15, 0.2) is 29.2 Å². The van der Waals surface area contributed by atoms with Crippen LogP contribution in [-0.4, -0.2) is 17.2 Å². The number of hydrogen-bond acceptors (Lipinski definition) is 3. The minimum Gasteiger partial charge on any atom is -0.327 e. The van der Waals surface area contributed by atoms with Crippen LogP contribution in [0, 0.1) is 5.92 Å². The summed E-state index contributed by atoms with van der Waals surface area (Å²) >= 11 is 1.89. The molecular formula is C17H26N2OS. The third kappa shape index (κ3) is 5.04. The van der Waals surface area contributed by atoms with Gasteiger partial charge in [0.1, 0.15) is 0 Å². The van der Waals surface area contributed by atoms with Gasteiger partial charge in [0, 0.05) is 28.8 Å². The quantitative estimate of drug-likeness (QED) is 0.863. The molecule has 0 heterocycles. The number of benzene rings is 1. The maximum atomic E-state index is 11.0. The topological polar surface area (TPSA) is 55.1 Å². The van der Waals surface area contributed by atoms with Gasteiger partial charge < -0.3 is 11.1 Å². The first-order chi connectivity index (χ1) is 10.1. The Morgan fingerprint density at radius 2 is 2.05 bits per heavy atom. The van der Waals surface area contributed by atoms with Crippen LogP contribution in [0.1, 0.15) is 46.0 Å². The molecule has 0 radical (unpaired) electrons. The molecule has 21 heavy (non-hydrogen) atoms. The van der Waals surface area contributed by atoms with E-state index in [0.29, 0.717) is 11.3 Å². The molecule has 0 aliphatic heterocycles. The molecule has 0 spiro atoms. The molecule has 0 aromatic heterocycles. The minimum absolute atomic E-state index is 0.0351. The maximum Gasteiger partial charge on any atom is 0.221 e. The number of rotatable bonds is 5. The molecule has 3 N–H and O–H groups in total. The van der Waals surface area contributed by atoms with Crippen LogP contribution in [-0.2, 0) is 4.79 Å². The third-order valence-electron chi connectivity index (χ3n) is 4.11. The van der Waals surface area contributed by atoms with Gasteiger partial charge in [0.2, 0.25) is 5.91 Å². The van der Waals surface area contributed by atoms with Crippen LogP contribution >= 0.6 is 11.8 Å². The number of nitrogens with one attached hydrogen (secondary N) is 1. The second-order valence-corrected chi connectivity index (χ2v) is 7.31. The Labute approximate surface area is 132 Å². The molecule has 116 valence electrons. The monoisotopic (exact) mass is 306 g/mol. The molecule has 1 amide bonds. The van der Waals surface area contributed by atoms with Gasteiger partial charge >= 0.3 is 0 Å². The lowest BCUT2D eigenvalue weighted by molar-refractivity contribution is -0.114. The summed E-state index contributed by atoms with van der Waals surface area (Å²) in [6.45, 7) is 3.79. The molecule has 1 aliphatic rings. The largest absolute Gasteiger partial charge is 0.327 e. The second-order valence-electron chi connectivity index (χ2n) is 5.99. The SMILES string of the molecule is CCCC1CCC(N)C(Sc2ccc(NC(C)=O)cc2)C1. The van der Waals surface area contributed by atoms with Crippen molar-refractivity contribution >= 4 is 23.4 Å². The Morgan fingerprint density at radius 3 is 2.67 bits per heavy atom. The molecule has 1 aromatic carbocycles. The van der Waals surface area contributed by atoms with E-state index in [1.807, 2.05) is 23.9 Å². The number of carbonyl (C=O) groups is 1. The molecule has 0 bridgehead atoms. The van der Waals surface area contributed by atoms with Gasteiger partial charge in [0.05, 0.1) is 0 Å². The Hall–Kier alpha value is -1.00. The van der Waals surface area contributed by atoms with Crippen molar-refractivity contribution in [3.05, 3.63) is 24.3 Å². The van der Waals surface area contributed by atoms with E-state index in [2.05, 4.69) is 24.4 Å². The summed E-state index contributed by atoms with van der Waals surface area (Å²) < 4.78 is 0. The Morgan fingerprint density at radius 1 is 1.33 bits per heavy atom. The van der Waals surface area contributed by atoms with Crippen LogP contribution < -0.4 is 11.1 Å². The van der Waals surface area contributed by atoms with Crippen LogP contribution in [0.4, 0.5) is 5.69 Å². The normalized spacial score (nSPS) is 25.6. The number of thioether (sulfide) groups is 1. The maximum absolute atomic E-state index is 11.0. The summed E-state index contributed by atoms with van der Waals surface area (Å²) in [6.07, 6.45) is 6.25. The van der Waals surface area contributed by atoms with E-state index in [9.17, 15) is 4.79 Å². The molecule has 3 unspecified atom stereocenters. The van der Waals surface area contributed by atoms with E-state index in [4.69, 9.17) is 5.73 Å². The van der Waals surface area contributed by atoms with E-state index in [1.54, 1.807) is 0 Å². The lowest BCUT2D eigenvalue weighted by Crippen LogP contribution is -2.38. The predicted molar refractivity (Wildman–Crippen MR) is 90.6 cm³/mol. The highest BCUT2D eigenvalue weighted by Gasteiger charge is 2.28. The molecule has 1 saturated carbocycles. The van der Waals surface area contributed by atoms with Gasteiger partial charge in [-0.1, -0.05) is 19.8 Å². The third-order valence-corrected chi connectivity index (χ3v) is 5.50. The van der Waals surface area contributed by atoms with Gasteiger partial charge in [-0.05, 0) is 49.4 Å². The standard InChI is InChI=1S/C17H26N2OS/c1-3-4-13-5-10-16(18)17(11-13)21-15-8-6-14(7-9-15)19-12(2)20/h6-9,13,16-17H,3-5,10-11,18H2,1-2H3,(H,19,20). The predicted octanol–water partition coefficient (Wildman–Crippen LogP) is 4.03. The molecule has 4 heteroatoms. The average Bonchev–Trinajstić information content (AvgIpc) is 2.44. The summed E-state index contributed by atoms with van der Waals surface area (Å²) in [5.41, 5.74) is 7.15. The molecule has 2 rings (SSSR count). The number of amides is 1. The van der Waals surface area contributed by atoms with Crippen LogP contribution in [0.25, 0.3) is 0 Å². The van der Waals surface area contributed by atoms with Crippen molar-refractivity contribution in [1.29, 1.82) is 0 Å². The molecule has 0 saturated heterocycles. The highest BCUT2D eigenvalue weighted by atomic mass is 32.2. The van der Waals surface area contributed by atoms with E-state index >= 15 is 0 Å². The van der Waals surface area contributed by atoms with Crippen LogP contribution in [0.2, 0.25) is 0 Å². The minimum atomic E-state index is -0.0351. The molecule has 1 fully saturated rings. The van der Waals surface area contributed by atoms with Crippen molar-refractivity contribution < 1.29 is 4.79 Å². The number of hydrogen-bond donors (Lipinski definition) is 2. The first-order valence-electron chi connectivity index (χ1n) is 7.88. The van der Waals surface area contributed by atoms with Crippen molar-refractivity contribution in [3.63, 3.8) is 0 Å². The molecular weight excluding hydrogens is 280 g/mol. The fraction of sp³-hybridized carbons (Fsp3) is 0.588. The fourth-order valence-electron chi connectivity index (χ4n) is 3.04. The van der Waals surface area contributed by atoms with Gasteiger partial charge in [0.25, 0.3) is 0 Å². The summed E-state index contributed by atoms with van der Waals surface area (Å²) in [4.78, 5) is 12.3. The van der Waals surface area contributed by atoms with Gasteiger partial charge in [-0.2, -0.15) is 0 Å². The molecule has 3 atom stereocenters. The van der Waals surface area contributed by atoms with Crippen LogP contribution in [0.3, 0.4) is 0 Å². The highest BCUT2D eigenvalue weighted by molar-refractivity contribution is 8.00. The van der Waals surface area contributed by atoms with Crippen molar-refractivity contribution in [1.82, 2.24) is 0 Å². The van der Waals surface area contributed by atoms with Gasteiger partial charge in [0.15, 0.2) is 0 Å². The summed E-state index contributed by atoms with van der Waals surface area (Å²) in [7, 11) is 0. The van der Waals surface area contributed by atoms with Crippen molar-refractivity contribution in [2.24, 2.45) is 11.7 Å². The van der Waals surface area contributed by atoms with E-state index < -0.39 is 0 Å². The second kappa shape index (κ2) is 7.85. The van der Waals surface area contributed by atoms with E-state index in [1.165, 1.54) is 37.5 Å². The van der Waals surface area contributed by atoms with Gasteiger partial charge in [-0.3, -0.25) is 4.79 Å². The van der Waals surface area contributed by atoms with Gasteiger partial charge in [-0.25, -0.2) is 0 Å². The first kappa shape index (κ1) is 16.4. The Bertz CT molecular complexity index is 460. The first-order valence-corrected chi connectivity index (χ1v) is 8.76. The molecule has 1 aromatic rings. The van der Waals surface area contributed by atoms with Crippen molar-refractivity contribution in [2.45, 2.75) is 62.1 Å². The summed E-state index contributed by atoms with van der Waals surface area (Å²) in [5, 5.41) is 3.31.